The summed E-state index contributed by atoms with van der Waals surface area (Å²) in [7, 11) is 3.84. The Labute approximate surface area is 113 Å². The molecule has 0 fully saturated rings. The Balaban J connectivity index is 2.93. The van der Waals surface area contributed by atoms with Crippen LogP contribution in [0.5, 0.6) is 0 Å². The van der Waals surface area contributed by atoms with Gasteiger partial charge in [-0.2, -0.15) is 0 Å². The van der Waals surface area contributed by atoms with Crippen molar-refractivity contribution in [3.05, 3.63) is 34.6 Å². The lowest BCUT2D eigenvalue weighted by molar-refractivity contribution is 0.00257. The van der Waals surface area contributed by atoms with E-state index < -0.39 is 6.10 Å². The highest BCUT2D eigenvalue weighted by molar-refractivity contribution is 6.30. The number of benzene rings is 1. The van der Waals surface area contributed by atoms with Crippen LogP contribution in [0.25, 0.3) is 0 Å². The predicted octanol–water partition coefficient (Wildman–Crippen LogP) is 3.11. The number of hydrogen-bond acceptors (Lipinski definition) is 2. The van der Waals surface area contributed by atoms with Gasteiger partial charge >= 0.3 is 0 Å². The van der Waals surface area contributed by atoms with Crippen molar-refractivity contribution in [2.24, 2.45) is 0 Å². The number of aliphatic hydroxyl groups is 1. The van der Waals surface area contributed by atoms with E-state index in [1.165, 1.54) is 12.1 Å². The molecular formula is C14H21ClFNO. The van der Waals surface area contributed by atoms with Crippen molar-refractivity contribution < 1.29 is 9.50 Å². The van der Waals surface area contributed by atoms with Crippen molar-refractivity contribution in [2.45, 2.75) is 38.3 Å². The molecule has 102 valence electrons. The fourth-order valence-electron chi connectivity index (χ4n) is 1.98. The Morgan fingerprint density at radius 2 is 2.06 bits per heavy atom. The number of nitrogens with zero attached hydrogens (tertiary/aromatic N) is 1. The Morgan fingerprint density at radius 1 is 1.44 bits per heavy atom. The minimum absolute atomic E-state index is 0.259. The number of hydrogen-bond donors (Lipinski definition) is 1. The van der Waals surface area contributed by atoms with Gasteiger partial charge in [-0.25, -0.2) is 4.39 Å². The van der Waals surface area contributed by atoms with E-state index in [4.69, 9.17) is 11.6 Å². The summed E-state index contributed by atoms with van der Waals surface area (Å²) < 4.78 is 13.6. The number of rotatable bonds is 5. The molecule has 0 aromatic heterocycles. The van der Waals surface area contributed by atoms with E-state index >= 15 is 0 Å². The van der Waals surface area contributed by atoms with Crippen LogP contribution in [-0.2, 0) is 6.42 Å². The molecule has 0 spiro atoms. The van der Waals surface area contributed by atoms with E-state index in [1.54, 1.807) is 6.07 Å². The topological polar surface area (TPSA) is 23.5 Å². The van der Waals surface area contributed by atoms with Crippen molar-refractivity contribution in [1.82, 2.24) is 4.90 Å². The van der Waals surface area contributed by atoms with E-state index in [9.17, 15) is 9.50 Å². The molecule has 0 saturated carbocycles. The zero-order valence-corrected chi connectivity index (χ0v) is 12.1. The molecular weight excluding hydrogens is 253 g/mol. The van der Waals surface area contributed by atoms with Gasteiger partial charge in [0.25, 0.3) is 0 Å². The maximum Gasteiger partial charge on any atom is 0.126 e. The van der Waals surface area contributed by atoms with Crippen molar-refractivity contribution >= 4 is 11.6 Å². The molecule has 0 amide bonds. The largest absolute Gasteiger partial charge is 0.391 e. The van der Waals surface area contributed by atoms with Gasteiger partial charge in [0.15, 0.2) is 0 Å². The molecule has 1 N–H and O–H groups in total. The van der Waals surface area contributed by atoms with Crippen LogP contribution in [0.4, 0.5) is 4.39 Å². The van der Waals surface area contributed by atoms with Crippen LogP contribution in [0, 0.1) is 5.82 Å². The first-order valence-electron chi connectivity index (χ1n) is 6.10. The van der Waals surface area contributed by atoms with E-state index in [1.807, 2.05) is 32.8 Å². The second-order valence-corrected chi connectivity index (χ2v) is 5.50. The molecule has 0 saturated heterocycles. The quantitative estimate of drug-likeness (QED) is 0.891. The summed E-state index contributed by atoms with van der Waals surface area (Å²) in [6.07, 6.45) is 0.392. The van der Waals surface area contributed by atoms with Crippen LogP contribution >= 0.6 is 11.6 Å². The zero-order chi connectivity index (χ0) is 13.9. The SMILES string of the molecule is CCC(C)(C(O)Cc1cc(Cl)ccc1F)N(C)C. The van der Waals surface area contributed by atoms with Crippen LogP contribution in [0.1, 0.15) is 25.8 Å². The average Bonchev–Trinajstić information content (AvgIpc) is 2.32. The van der Waals surface area contributed by atoms with Crippen molar-refractivity contribution in [3.8, 4) is 0 Å². The second-order valence-electron chi connectivity index (χ2n) is 5.06. The molecule has 2 atom stereocenters. The first kappa shape index (κ1) is 15.4. The van der Waals surface area contributed by atoms with Crippen molar-refractivity contribution in [1.29, 1.82) is 0 Å². The van der Waals surface area contributed by atoms with Crippen LogP contribution < -0.4 is 0 Å². The molecule has 0 aliphatic rings. The highest BCUT2D eigenvalue weighted by Gasteiger charge is 2.33. The van der Waals surface area contributed by atoms with Crippen LogP contribution in [0.15, 0.2) is 18.2 Å². The van der Waals surface area contributed by atoms with Crippen LogP contribution in [-0.4, -0.2) is 35.7 Å². The third-order valence-electron chi connectivity index (χ3n) is 3.88. The minimum atomic E-state index is -0.648. The molecule has 1 aromatic rings. The summed E-state index contributed by atoms with van der Waals surface area (Å²) in [5.41, 5.74) is 0.0749. The summed E-state index contributed by atoms with van der Waals surface area (Å²) in [4.78, 5) is 1.97. The van der Waals surface area contributed by atoms with Gasteiger partial charge in [0.05, 0.1) is 6.10 Å². The maximum absolute atomic E-state index is 13.6. The molecule has 1 aromatic carbocycles. The van der Waals surface area contributed by atoms with Gasteiger partial charge in [0.1, 0.15) is 5.82 Å². The summed E-state index contributed by atoms with van der Waals surface area (Å²) in [6, 6.07) is 4.42. The molecule has 0 bridgehead atoms. The lowest BCUT2D eigenvalue weighted by atomic mass is 9.86. The van der Waals surface area contributed by atoms with Gasteiger partial charge in [0.2, 0.25) is 0 Å². The Kier molecular flexibility index (Phi) is 5.14. The second kappa shape index (κ2) is 6.00. The van der Waals surface area contributed by atoms with E-state index in [-0.39, 0.29) is 17.8 Å². The molecule has 0 aliphatic heterocycles. The smallest absolute Gasteiger partial charge is 0.126 e. The molecule has 2 nitrogen and oxygen atoms in total. The standard InChI is InChI=1S/C14H21ClFNO/c1-5-14(2,17(3)4)13(18)9-10-8-11(15)6-7-12(10)16/h6-8,13,18H,5,9H2,1-4H3. The Bertz CT molecular complexity index is 411. The maximum atomic E-state index is 13.6. The monoisotopic (exact) mass is 273 g/mol. The number of likely N-dealkylation sites (N-methyl/N-ethyl adjacent to an activating group) is 1. The van der Waals surface area contributed by atoms with Gasteiger partial charge in [-0.05, 0) is 51.2 Å². The summed E-state index contributed by atoms with van der Waals surface area (Å²) in [6.45, 7) is 3.98. The third kappa shape index (κ3) is 3.22. The summed E-state index contributed by atoms with van der Waals surface area (Å²) >= 11 is 5.85. The zero-order valence-electron chi connectivity index (χ0n) is 11.4. The Morgan fingerprint density at radius 3 is 2.56 bits per heavy atom. The first-order chi connectivity index (χ1) is 8.31. The molecule has 0 radical (unpaired) electrons. The lowest BCUT2D eigenvalue weighted by Gasteiger charge is -2.40. The van der Waals surface area contributed by atoms with Gasteiger partial charge in [-0.15, -0.1) is 0 Å². The summed E-state index contributed by atoms with van der Waals surface area (Å²) in [5.74, 6) is -0.323. The summed E-state index contributed by atoms with van der Waals surface area (Å²) in [5, 5.41) is 10.8. The highest BCUT2D eigenvalue weighted by Crippen LogP contribution is 2.25. The molecule has 1 rings (SSSR count). The Hall–Kier alpha value is -0.640. The fraction of sp³-hybridized carbons (Fsp3) is 0.571. The highest BCUT2D eigenvalue weighted by atomic mass is 35.5. The van der Waals surface area contributed by atoms with Crippen molar-refractivity contribution in [2.75, 3.05) is 14.1 Å². The van der Waals surface area contributed by atoms with E-state index in [2.05, 4.69) is 0 Å². The first-order valence-corrected chi connectivity index (χ1v) is 6.48. The fourth-order valence-corrected chi connectivity index (χ4v) is 2.17. The van der Waals surface area contributed by atoms with Crippen molar-refractivity contribution in [3.63, 3.8) is 0 Å². The lowest BCUT2D eigenvalue weighted by Crippen LogP contribution is -2.51. The minimum Gasteiger partial charge on any atom is -0.391 e. The van der Waals surface area contributed by atoms with Gasteiger partial charge in [0, 0.05) is 17.0 Å². The van der Waals surface area contributed by atoms with Gasteiger partial charge < -0.3 is 10.0 Å². The normalized spacial score (nSPS) is 16.7. The van der Waals surface area contributed by atoms with Gasteiger partial charge in [-0.3, -0.25) is 0 Å². The number of aliphatic hydroxyl groups excluding tert-OH is 1. The van der Waals surface area contributed by atoms with Gasteiger partial charge in [-0.1, -0.05) is 18.5 Å². The van der Waals surface area contributed by atoms with E-state index in [0.29, 0.717) is 10.6 Å². The molecule has 18 heavy (non-hydrogen) atoms. The molecule has 0 aliphatic carbocycles. The predicted molar refractivity (Wildman–Crippen MR) is 73.5 cm³/mol. The molecule has 0 heterocycles. The average molecular weight is 274 g/mol. The molecule has 2 unspecified atom stereocenters. The number of halogens is 2. The molecule has 4 heteroatoms. The van der Waals surface area contributed by atoms with Crippen LogP contribution in [0.3, 0.4) is 0 Å². The van der Waals surface area contributed by atoms with E-state index in [0.717, 1.165) is 6.42 Å². The van der Waals surface area contributed by atoms with Crippen LogP contribution in [0.2, 0.25) is 5.02 Å². The third-order valence-corrected chi connectivity index (χ3v) is 4.11.